The summed E-state index contributed by atoms with van der Waals surface area (Å²) in [6.45, 7) is 2.55. The molecule has 3 aromatic rings. The van der Waals surface area contributed by atoms with E-state index in [4.69, 9.17) is 25.7 Å². The molecule has 0 aliphatic rings. The first-order chi connectivity index (χ1) is 16.6. The third-order valence-corrected chi connectivity index (χ3v) is 5.08. The molecule has 4 N–H and O–H groups in total. The lowest BCUT2D eigenvalue weighted by Crippen LogP contribution is -2.15. The van der Waals surface area contributed by atoms with Gasteiger partial charge in [0.15, 0.2) is 17.3 Å². The highest BCUT2D eigenvalue weighted by Crippen LogP contribution is 2.28. The Morgan fingerprint density at radius 1 is 1.18 bits per heavy atom. The number of nitrogens with zero attached hydrogens (tertiary/aromatic N) is 5. The number of ether oxygens (including phenoxy) is 3. The van der Waals surface area contributed by atoms with Crippen molar-refractivity contribution in [1.82, 2.24) is 19.7 Å². The predicted octanol–water partition coefficient (Wildman–Crippen LogP) is 2.69. The van der Waals surface area contributed by atoms with Crippen LogP contribution in [0.5, 0.6) is 11.5 Å². The number of nitrogen functional groups attached to an aromatic ring is 1. The maximum atomic E-state index is 6.06. The Kier molecular flexibility index (Phi) is 8.98. The zero-order valence-corrected chi connectivity index (χ0v) is 19.7. The number of pyridine rings is 1. The summed E-state index contributed by atoms with van der Waals surface area (Å²) in [5.41, 5.74) is 13.5. The molecule has 180 valence electrons. The predicted molar refractivity (Wildman–Crippen MR) is 132 cm³/mol. The van der Waals surface area contributed by atoms with Gasteiger partial charge in [-0.25, -0.2) is 4.99 Å². The zero-order valence-electron chi connectivity index (χ0n) is 19.7. The minimum atomic E-state index is -0.207. The zero-order chi connectivity index (χ0) is 24.3. The molecule has 0 fully saturated rings. The van der Waals surface area contributed by atoms with E-state index in [9.17, 15) is 0 Å². The van der Waals surface area contributed by atoms with Crippen molar-refractivity contribution < 1.29 is 14.2 Å². The molecular formula is C24H31N7O3. The number of benzene rings is 1. The largest absolute Gasteiger partial charge is 0.493 e. The Balaban J connectivity index is 1.81. The summed E-state index contributed by atoms with van der Waals surface area (Å²) in [6, 6.07) is 11.5. The van der Waals surface area contributed by atoms with Crippen LogP contribution in [0.1, 0.15) is 30.4 Å². The number of nitrogens with two attached hydrogens (primary N) is 2. The highest BCUT2D eigenvalue weighted by atomic mass is 16.5. The Hall–Kier alpha value is -3.92. The summed E-state index contributed by atoms with van der Waals surface area (Å²) in [7, 11) is 3.19. The molecule has 1 atom stereocenters. The van der Waals surface area contributed by atoms with Crippen molar-refractivity contribution in [1.29, 1.82) is 0 Å². The van der Waals surface area contributed by atoms with Gasteiger partial charge in [0.05, 0.1) is 33.3 Å². The topological polar surface area (TPSA) is 136 Å². The van der Waals surface area contributed by atoms with E-state index in [0.717, 1.165) is 17.7 Å². The van der Waals surface area contributed by atoms with Crippen LogP contribution in [0.25, 0.3) is 5.82 Å². The van der Waals surface area contributed by atoms with Crippen molar-refractivity contribution in [2.24, 2.45) is 10.7 Å². The fourth-order valence-corrected chi connectivity index (χ4v) is 3.39. The van der Waals surface area contributed by atoms with Crippen molar-refractivity contribution in [2.45, 2.75) is 32.3 Å². The van der Waals surface area contributed by atoms with E-state index in [2.05, 4.69) is 20.1 Å². The van der Waals surface area contributed by atoms with E-state index in [0.29, 0.717) is 42.6 Å². The molecule has 0 aliphatic carbocycles. The van der Waals surface area contributed by atoms with Gasteiger partial charge in [-0.15, -0.1) is 5.10 Å². The van der Waals surface area contributed by atoms with Crippen LogP contribution < -0.4 is 20.9 Å². The van der Waals surface area contributed by atoms with Crippen LogP contribution in [-0.4, -0.2) is 53.0 Å². The monoisotopic (exact) mass is 465 g/mol. The Morgan fingerprint density at radius 2 is 2.00 bits per heavy atom. The Bertz CT molecular complexity index is 1110. The van der Waals surface area contributed by atoms with E-state index >= 15 is 0 Å². The third-order valence-electron chi connectivity index (χ3n) is 5.08. The summed E-state index contributed by atoms with van der Waals surface area (Å²) in [5, 5.41) is 4.34. The first-order valence-electron chi connectivity index (χ1n) is 11.0. The number of aliphatic imine (C=N–C) groups is 1. The molecule has 0 aliphatic heterocycles. The summed E-state index contributed by atoms with van der Waals surface area (Å²) in [5.74, 6) is 2.49. The fourth-order valence-electron chi connectivity index (χ4n) is 3.39. The third kappa shape index (κ3) is 6.55. The number of hydrogen-bond donors (Lipinski definition) is 2. The van der Waals surface area contributed by atoms with E-state index in [1.54, 1.807) is 25.1 Å². The minimum Gasteiger partial charge on any atom is -0.493 e. The lowest BCUT2D eigenvalue weighted by atomic mass is 10.1. The van der Waals surface area contributed by atoms with Crippen LogP contribution in [0.2, 0.25) is 0 Å². The van der Waals surface area contributed by atoms with Gasteiger partial charge in [0, 0.05) is 24.7 Å². The van der Waals surface area contributed by atoms with Gasteiger partial charge in [0.2, 0.25) is 5.95 Å². The molecule has 0 saturated heterocycles. The molecule has 0 radical (unpaired) electrons. The number of aromatic nitrogens is 4. The molecule has 2 heterocycles. The van der Waals surface area contributed by atoms with E-state index in [1.165, 1.54) is 6.34 Å². The van der Waals surface area contributed by atoms with Gasteiger partial charge < -0.3 is 25.7 Å². The highest BCUT2D eigenvalue weighted by Gasteiger charge is 2.16. The molecule has 10 heteroatoms. The van der Waals surface area contributed by atoms with Crippen LogP contribution in [0.15, 0.2) is 53.7 Å². The van der Waals surface area contributed by atoms with Gasteiger partial charge in [-0.2, -0.15) is 9.67 Å². The molecular weight excluding hydrogens is 434 g/mol. The molecule has 0 bridgehead atoms. The maximum Gasteiger partial charge on any atom is 0.240 e. The van der Waals surface area contributed by atoms with Crippen LogP contribution >= 0.6 is 0 Å². The van der Waals surface area contributed by atoms with Crippen molar-refractivity contribution in [3.8, 4) is 11.5 Å². The van der Waals surface area contributed by atoms with E-state index in [-0.39, 0.29) is 12.1 Å². The quantitative estimate of drug-likeness (QED) is 0.308. The van der Waals surface area contributed by atoms with Crippen LogP contribution in [0.4, 0.5) is 5.95 Å². The number of rotatable bonds is 12. The molecule has 1 aromatic carbocycles. The smallest absolute Gasteiger partial charge is 0.240 e. The average Bonchev–Trinajstić information content (AvgIpc) is 3.23. The van der Waals surface area contributed by atoms with Crippen LogP contribution in [0, 0.1) is 0 Å². The second-order valence-electron chi connectivity index (χ2n) is 7.36. The molecule has 3 rings (SSSR count). The van der Waals surface area contributed by atoms with Crippen LogP contribution in [-0.2, 0) is 17.6 Å². The second kappa shape index (κ2) is 12.4. The molecule has 2 aromatic heterocycles. The maximum absolute atomic E-state index is 6.06. The highest BCUT2D eigenvalue weighted by molar-refractivity contribution is 5.62. The molecule has 0 spiro atoms. The van der Waals surface area contributed by atoms with E-state index in [1.807, 2.05) is 49.4 Å². The lowest BCUT2D eigenvalue weighted by Gasteiger charge is -2.14. The second-order valence-corrected chi connectivity index (χ2v) is 7.36. The summed E-state index contributed by atoms with van der Waals surface area (Å²) in [4.78, 5) is 13.0. The van der Waals surface area contributed by atoms with Gasteiger partial charge in [0.1, 0.15) is 5.82 Å². The molecule has 10 nitrogen and oxygen atoms in total. The summed E-state index contributed by atoms with van der Waals surface area (Å²) in [6.07, 6.45) is 6.54. The first kappa shape index (κ1) is 24.7. The molecule has 1 unspecified atom stereocenters. The van der Waals surface area contributed by atoms with Gasteiger partial charge in [-0.05, 0) is 42.3 Å². The van der Waals surface area contributed by atoms with Crippen LogP contribution in [0.3, 0.4) is 0 Å². The SMILES string of the molecule is CCC(C=C(N=CN)n1nc(N)nc1Cc1ccc(OC)c(OC)c1)OCCc1ccccn1. The average molecular weight is 466 g/mol. The van der Waals surface area contributed by atoms with E-state index < -0.39 is 0 Å². The normalized spacial score (nSPS) is 12.7. The van der Waals surface area contributed by atoms with Gasteiger partial charge in [-0.1, -0.05) is 19.1 Å². The minimum absolute atomic E-state index is 0.137. The Labute approximate surface area is 199 Å². The lowest BCUT2D eigenvalue weighted by molar-refractivity contribution is 0.0848. The molecule has 34 heavy (non-hydrogen) atoms. The Morgan fingerprint density at radius 3 is 2.68 bits per heavy atom. The number of hydrogen-bond acceptors (Lipinski definition) is 8. The summed E-state index contributed by atoms with van der Waals surface area (Å²) >= 11 is 0. The number of methoxy groups -OCH3 is 2. The standard InChI is InChI=1S/C24H31N7O3/c1-4-19(34-12-10-18-7-5-6-11-27-18)15-22(28-16-25)31-23(29-24(26)30-31)14-17-8-9-20(32-2)21(13-17)33-3/h5-9,11,13,15-16,19H,4,10,12,14H2,1-3H3,(H2,25,28)(H2,26,30). The van der Waals surface area contributed by atoms with Gasteiger partial charge in [-0.3, -0.25) is 4.98 Å². The van der Waals surface area contributed by atoms with Crippen molar-refractivity contribution >= 4 is 18.1 Å². The molecule has 0 amide bonds. The van der Waals surface area contributed by atoms with Gasteiger partial charge in [0.25, 0.3) is 0 Å². The van der Waals surface area contributed by atoms with Crippen molar-refractivity contribution in [2.75, 3.05) is 26.6 Å². The number of anilines is 1. The van der Waals surface area contributed by atoms with Crippen molar-refractivity contribution in [3.05, 3.63) is 65.8 Å². The van der Waals surface area contributed by atoms with Crippen molar-refractivity contribution in [3.63, 3.8) is 0 Å². The van der Waals surface area contributed by atoms with Gasteiger partial charge >= 0.3 is 0 Å². The fraction of sp³-hybridized carbons (Fsp3) is 0.333. The first-order valence-corrected chi connectivity index (χ1v) is 11.0. The molecule has 0 saturated carbocycles. The summed E-state index contributed by atoms with van der Waals surface area (Å²) < 4.78 is 18.4.